The first-order valence-electron chi connectivity index (χ1n) is 5.36. The highest BCUT2D eigenvalue weighted by molar-refractivity contribution is 6.29. The van der Waals surface area contributed by atoms with Gasteiger partial charge >= 0.3 is 0 Å². The molecule has 4 heteroatoms. The molecular weight excluding hydrogens is 234 g/mol. The van der Waals surface area contributed by atoms with Gasteiger partial charge in [-0.1, -0.05) is 41.9 Å². The number of hydrogen-bond donors (Lipinski definition) is 1. The van der Waals surface area contributed by atoms with Crippen LogP contribution in [-0.4, -0.2) is 15.2 Å². The summed E-state index contributed by atoms with van der Waals surface area (Å²) in [5.74, 6) is 0. The van der Waals surface area contributed by atoms with Gasteiger partial charge in [0.2, 0.25) is 0 Å². The molecule has 2 heterocycles. The Labute approximate surface area is 103 Å². The molecule has 0 amide bonds. The molecule has 0 aliphatic carbocycles. The summed E-state index contributed by atoms with van der Waals surface area (Å²) in [4.78, 5) is 3.24. The summed E-state index contributed by atoms with van der Waals surface area (Å²) in [7, 11) is 0. The lowest BCUT2D eigenvalue weighted by Crippen LogP contribution is -1.87. The van der Waals surface area contributed by atoms with Crippen LogP contribution in [0.3, 0.4) is 0 Å². The molecule has 0 atom stereocenters. The van der Waals surface area contributed by atoms with Crippen LogP contribution >= 0.6 is 11.6 Å². The first-order valence-corrected chi connectivity index (χ1v) is 5.74. The van der Waals surface area contributed by atoms with Crippen LogP contribution in [0.1, 0.15) is 11.3 Å². The lowest BCUT2D eigenvalue weighted by atomic mass is 10.1. The van der Waals surface area contributed by atoms with Crippen molar-refractivity contribution < 1.29 is 0 Å². The lowest BCUT2D eigenvalue weighted by molar-refractivity contribution is 1.04. The number of aromatic nitrogens is 3. The van der Waals surface area contributed by atoms with Gasteiger partial charge in [0, 0.05) is 17.5 Å². The summed E-state index contributed by atoms with van der Waals surface area (Å²) >= 11 is 5.80. The summed E-state index contributed by atoms with van der Waals surface area (Å²) < 4.78 is 0. The first-order chi connectivity index (χ1) is 8.31. The second-order valence-electron chi connectivity index (χ2n) is 3.93. The third kappa shape index (κ3) is 2.15. The van der Waals surface area contributed by atoms with Crippen molar-refractivity contribution in [3.8, 4) is 0 Å². The van der Waals surface area contributed by atoms with Gasteiger partial charge in [-0.3, -0.25) is 0 Å². The predicted octanol–water partition coefficient (Wildman–Crippen LogP) is 3.20. The number of hydrogen-bond acceptors (Lipinski definition) is 2. The van der Waals surface area contributed by atoms with Crippen LogP contribution < -0.4 is 0 Å². The lowest BCUT2D eigenvalue weighted by Gasteiger charge is -1.97. The Hall–Kier alpha value is -1.87. The molecule has 0 radical (unpaired) electrons. The number of aromatic amines is 1. The van der Waals surface area contributed by atoms with Crippen molar-refractivity contribution in [1.29, 1.82) is 0 Å². The van der Waals surface area contributed by atoms with Crippen LogP contribution in [0.4, 0.5) is 0 Å². The smallest absolute Gasteiger partial charge is 0.160 e. The molecule has 1 N–H and O–H groups in total. The van der Waals surface area contributed by atoms with E-state index in [4.69, 9.17) is 11.6 Å². The number of H-pyrrole nitrogens is 1. The molecule has 2 aromatic heterocycles. The maximum Gasteiger partial charge on any atom is 0.160 e. The van der Waals surface area contributed by atoms with Gasteiger partial charge in [-0.05, 0) is 17.7 Å². The van der Waals surface area contributed by atoms with E-state index in [1.165, 1.54) is 5.56 Å². The normalized spacial score (nSPS) is 10.9. The maximum atomic E-state index is 5.80. The van der Waals surface area contributed by atoms with Gasteiger partial charge < -0.3 is 4.98 Å². The molecule has 3 aromatic rings. The van der Waals surface area contributed by atoms with E-state index in [0.29, 0.717) is 5.15 Å². The third-order valence-electron chi connectivity index (χ3n) is 2.64. The van der Waals surface area contributed by atoms with Crippen molar-refractivity contribution in [1.82, 2.24) is 15.2 Å². The molecule has 1 aromatic carbocycles. The van der Waals surface area contributed by atoms with Crippen molar-refractivity contribution >= 4 is 22.6 Å². The second kappa shape index (κ2) is 4.18. The molecule has 0 spiro atoms. The molecule has 84 valence electrons. The van der Waals surface area contributed by atoms with Crippen LogP contribution in [-0.2, 0) is 6.42 Å². The van der Waals surface area contributed by atoms with Gasteiger partial charge in [0.1, 0.15) is 0 Å². The van der Waals surface area contributed by atoms with Gasteiger partial charge in [-0.2, -0.15) is 0 Å². The standard InChI is InChI=1S/C13H10ClN3/c14-12-8-10-7-11(15-13(10)17-16-12)6-9-4-2-1-3-5-9/h1-5,7-8H,6H2,(H,15,17). The van der Waals surface area contributed by atoms with Crippen LogP contribution in [0.2, 0.25) is 5.15 Å². The molecular formula is C13H10ClN3. The minimum atomic E-state index is 0.419. The number of halogens is 1. The number of nitrogens with zero attached hydrogens (tertiary/aromatic N) is 2. The predicted molar refractivity (Wildman–Crippen MR) is 68.1 cm³/mol. The van der Waals surface area contributed by atoms with Gasteiger partial charge in [-0.15, -0.1) is 10.2 Å². The fourth-order valence-corrected chi connectivity index (χ4v) is 2.03. The quantitative estimate of drug-likeness (QED) is 0.751. The Kier molecular flexibility index (Phi) is 2.53. The summed E-state index contributed by atoms with van der Waals surface area (Å²) in [6.07, 6.45) is 0.856. The highest BCUT2D eigenvalue weighted by Crippen LogP contribution is 2.17. The molecule has 0 aliphatic rings. The third-order valence-corrected chi connectivity index (χ3v) is 2.82. The zero-order valence-electron chi connectivity index (χ0n) is 9.02. The van der Waals surface area contributed by atoms with Gasteiger partial charge in [0.15, 0.2) is 10.8 Å². The molecule has 0 fully saturated rings. The monoisotopic (exact) mass is 243 g/mol. The van der Waals surface area contributed by atoms with Crippen molar-refractivity contribution in [3.63, 3.8) is 0 Å². The molecule has 0 saturated heterocycles. The average Bonchev–Trinajstić information content (AvgIpc) is 2.71. The highest BCUT2D eigenvalue weighted by Gasteiger charge is 2.04. The molecule has 0 bridgehead atoms. The Morgan fingerprint density at radius 2 is 1.88 bits per heavy atom. The molecule has 3 rings (SSSR count). The minimum Gasteiger partial charge on any atom is -0.341 e. The zero-order chi connectivity index (χ0) is 11.7. The van der Waals surface area contributed by atoms with Gasteiger partial charge in [0.25, 0.3) is 0 Å². The first kappa shape index (κ1) is 10.3. The largest absolute Gasteiger partial charge is 0.341 e. The SMILES string of the molecule is Clc1cc2cc(Cc3ccccc3)[nH]c2nn1. The van der Waals surface area contributed by atoms with Crippen LogP contribution in [0.5, 0.6) is 0 Å². The fraction of sp³-hybridized carbons (Fsp3) is 0.0769. The molecule has 0 unspecified atom stereocenters. The molecule has 17 heavy (non-hydrogen) atoms. The van der Waals surface area contributed by atoms with Crippen LogP contribution in [0.15, 0.2) is 42.5 Å². The van der Waals surface area contributed by atoms with E-state index in [1.807, 2.05) is 24.3 Å². The fourth-order valence-electron chi connectivity index (χ4n) is 1.88. The van der Waals surface area contributed by atoms with Gasteiger partial charge in [0.05, 0.1) is 0 Å². The second-order valence-corrected chi connectivity index (χ2v) is 4.32. The van der Waals surface area contributed by atoms with E-state index >= 15 is 0 Å². The van der Waals surface area contributed by atoms with Crippen molar-refractivity contribution in [3.05, 3.63) is 58.9 Å². The van der Waals surface area contributed by atoms with Crippen molar-refractivity contribution in [2.24, 2.45) is 0 Å². The number of benzene rings is 1. The average molecular weight is 244 g/mol. The Balaban J connectivity index is 1.96. The summed E-state index contributed by atoms with van der Waals surface area (Å²) in [6, 6.07) is 14.2. The van der Waals surface area contributed by atoms with Crippen molar-refractivity contribution in [2.75, 3.05) is 0 Å². The molecule has 3 nitrogen and oxygen atoms in total. The van der Waals surface area contributed by atoms with E-state index in [1.54, 1.807) is 0 Å². The minimum absolute atomic E-state index is 0.419. The van der Waals surface area contributed by atoms with Crippen LogP contribution in [0.25, 0.3) is 11.0 Å². The van der Waals surface area contributed by atoms with E-state index in [2.05, 4.69) is 33.4 Å². The van der Waals surface area contributed by atoms with E-state index in [9.17, 15) is 0 Å². The number of nitrogens with one attached hydrogen (secondary N) is 1. The van der Waals surface area contributed by atoms with E-state index in [-0.39, 0.29) is 0 Å². The highest BCUT2D eigenvalue weighted by atomic mass is 35.5. The van der Waals surface area contributed by atoms with Gasteiger partial charge in [-0.25, -0.2) is 0 Å². The number of fused-ring (bicyclic) bond motifs is 1. The number of rotatable bonds is 2. The topological polar surface area (TPSA) is 41.6 Å². The van der Waals surface area contributed by atoms with Crippen molar-refractivity contribution in [2.45, 2.75) is 6.42 Å². The molecule has 0 saturated carbocycles. The Morgan fingerprint density at radius 3 is 2.71 bits per heavy atom. The Morgan fingerprint density at radius 1 is 1.06 bits per heavy atom. The molecule has 0 aliphatic heterocycles. The Bertz CT molecular complexity index is 646. The van der Waals surface area contributed by atoms with Crippen LogP contribution in [0, 0.1) is 0 Å². The maximum absolute atomic E-state index is 5.80. The summed E-state index contributed by atoms with van der Waals surface area (Å²) in [6.45, 7) is 0. The summed E-state index contributed by atoms with van der Waals surface area (Å²) in [5.41, 5.74) is 3.15. The van der Waals surface area contributed by atoms with E-state index < -0.39 is 0 Å². The summed E-state index contributed by atoms with van der Waals surface area (Å²) in [5, 5.41) is 9.23. The zero-order valence-corrected chi connectivity index (χ0v) is 9.78. The van der Waals surface area contributed by atoms with E-state index in [0.717, 1.165) is 23.1 Å².